The Bertz CT molecular complexity index is 1290. The van der Waals surface area contributed by atoms with Crippen molar-refractivity contribution in [2.24, 2.45) is 7.05 Å². The monoisotopic (exact) mass is 412 g/mol. The topological polar surface area (TPSA) is 64.2 Å². The molecular formula is C21H18ClFN4O2. The van der Waals surface area contributed by atoms with E-state index in [1.54, 1.807) is 29.8 Å². The molecule has 0 spiro atoms. The molecule has 8 heteroatoms. The van der Waals surface area contributed by atoms with Crippen molar-refractivity contribution in [1.29, 1.82) is 0 Å². The minimum atomic E-state index is -0.323. The zero-order valence-electron chi connectivity index (χ0n) is 15.7. The zero-order valence-corrected chi connectivity index (χ0v) is 16.5. The fourth-order valence-electron chi connectivity index (χ4n) is 3.99. The van der Waals surface area contributed by atoms with Crippen molar-refractivity contribution < 1.29 is 8.81 Å². The number of fused-ring (bicyclic) bond motifs is 2. The highest BCUT2D eigenvalue weighted by Crippen LogP contribution is 2.33. The van der Waals surface area contributed by atoms with E-state index < -0.39 is 0 Å². The van der Waals surface area contributed by atoms with Gasteiger partial charge in [0.25, 0.3) is 5.56 Å². The Morgan fingerprint density at radius 1 is 1.14 bits per heavy atom. The van der Waals surface area contributed by atoms with Crippen LogP contribution >= 0.6 is 11.6 Å². The Morgan fingerprint density at radius 3 is 2.72 bits per heavy atom. The quantitative estimate of drug-likeness (QED) is 0.460. The summed E-state index contributed by atoms with van der Waals surface area (Å²) in [5, 5.41) is 0.394. The molecule has 1 aliphatic rings. The van der Waals surface area contributed by atoms with Crippen LogP contribution in [0.4, 0.5) is 10.1 Å². The lowest BCUT2D eigenvalue weighted by molar-refractivity contribution is 0.407. The van der Waals surface area contributed by atoms with Crippen molar-refractivity contribution in [2.75, 3.05) is 18.0 Å². The molecule has 0 radical (unpaired) electrons. The highest BCUT2D eigenvalue weighted by molar-refractivity contribution is 6.29. The van der Waals surface area contributed by atoms with Crippen molar-refractivity contribution in [2.45, 2.75) is 18.8 Å². The third-order valence-electron chi connectivity index (χ3n) is 5.59. The largest absolute Gasteiger partial charge is 0.440 e. The summed E-state index contributed by atoms with van der Waals surface area (Å²) >= 11 is 6.11. The van der Waals surface area contributed by atoms with Crippen molar-refractivity contribution in [3.63, 3.8) is 0 Å². The average molecular weight is 413 g/mol. The number of aromatic nitrogens is 3. The molecule has 4 heterocycles. The number of hydrogen-bond donors (Lipinski definition) is 0. The van der Waals surface area contributed by atoms with Crippen LogP contribution in [0.5, 0.6) is 0 Å². The molecule has 1 aliphatic heterocycles. The number of anilines is 1. The maximum absolute atomic E-state index is 13.4. The molecule has 4 aromatic rings. The van der Waals surface area contributed by atoms with Gasteiger partial charge in [-0.2, -0.15) is 0 Å². The maximum Gasteiger partial charge on any atom is 0.252 e. The predicted octanol–water partition coefficient (Wildman–Crippen LogP) is 4.25. The van der Waals surface area contributed by atoms with Gasteiger partial charge >= 0.3 is 0 Å². The second kappa shape index (κ2) is 6.84. The summed E-state index contributed by atoms with van der Waals surface area (Å²) in [7, 11) is 1.73. The van der Waals surface area contributed by atoms with Crippen molar-refractivity contribution in [1.82, 2.24) is 14.5 Å². The van der Waals surface area contributed by atoms with Crippen molar-refractivity contribution in [3.05, 3.63) is 63.6 Å². The Kier molecular flexibility index (Phi) is 4.28. The number of hydrogen-bond acceptors (Lipinski definition) is 5. The van der Waals surface area contributed by atoms with Gasteiger partial charge in [0.05, 0.1) is 11.2 Å². The second-order valence-electron chi connectivity index (χ2n) is 7.35. The number of nitrogens with zero attached hydrogens (tertiary/aromatic N) is 4. The third-order valence-corrected chi connectivity index (χ3v) is 5.80. The van der Waals surface area contributed by atoms with E-state index >= 15 is 0 Å². The molecule has 0 bridgehead atoms. The number of pyridine rings is 2. The van der Waals surface area contributed by atoms with Crippen LogP contribution in [0.15, 0.2) is 45.6 Å². The first kappa shape index (κ1) is 18.1. The molecule has 3 aromatic heterocycles. The normalized spacial score (nSPS) is 15.5. The Hall–Kier alpha value is -2.93. The van der Waals surface area contributed by atoms with Crippen LogP contribution in [0.3, 0.4) is 0 Å². The van der Waals surface area contributed by atoms with Gasteiger partial charge in [-0.05, 0) is 37.1 Å². The number of oxazole rings is 1. The van der Waals surface area contributed by atoms with Gasteiger partial charge < -0.3 is 13.9 Å². The van der Waals surface area contributed by atoms with Gasteiger partial charge in [0.1, 0.15) is 22.0 Å². The van der Waals surface area contributed by atoms with E-state index in [1.165, 1.54) is 12.1 Å². The molecule has 29 heavy (non-hydrogen) atoms. The summed E-state index contributed by atoms with van der Waals surface area (Å²) in [5.41, 5.74) is 3.32. The lowest BCUT2D eigenvalue weighted by atomic mass is 9.96. The first-order valence-corrected chi connectivity index (χ1v) is 9.84. The number of rotatable bonds is 2. The summed E-state index contributed by atoms with van der Waals surface area (Å²) in [6, 6.07) is 9.50. The highest BCUT2D eigenvalue weighted by atomic mass is 35.5. The number of benzene rings is 1. The number of piperidine rings is 1. The summed E-state index contributed by atoms with van der Waals surface area (Å²) in [4.78, 5) is 23.5. The lowest BCUT2D eigenvalue weighted by Gasteiger charge is -2.32. The van der Waals surface area contributed by atoms with Crippen LogP contribution in [0.2, 0.25) is 5.15 Å². The summed E-state index contributed by atoms with van der Waals surface area (Å²) < 4.78 is 20.8. The molecule has 1 fully saturated rings. The molecule has 148 valence electrons. The van der Waals surface area contributed by atoms with Gasteiger partial charge in [-0.3, -0.25) is 4.79 Å². The van der Waals surface area contributed by atoms with Gasteiger partial charge in [-0.25, -0.2) is 14.4 Å². The average Bonchev–Trinajstić information content (AvgIpc) is 3.14. The van der Waals surface area contributed by atoms with Crippen LogP contribution in [-0.2, 0) is 7.05 Å². The van der Waals surface area contributed by atoms with Crippen LogP contribution in [0.1, 0.15) is 24.7 Å². The predicted molar refractivity (Wildman–Crippen MR) is 110 cm³/mol. The molecule has 0 aliphatic carbocycles. The Labute approximate surface area is 170 Å². The minimum Gasteiger partial charge on any atom is -0.440 e. The van der Waals surface area contributed by atoms with E-state index in [4.69, 9.17) is 16.0 Å². The maximum atomic E-state index is 13.4. The molecule has 0 N–H and O–H groups in total. The fourth-order valence-corrected chi connectivity index (χ4v) is 4.14. The molecule has 0 amide bonds. The summed E-state index contributed by atoms with van der Waals surface area (Å²) in [5.74, 6) is 0.465. The van der Waals surface area contributed by atoms with E-state index in [0.717, 1.165) is 42.7 Å². The molecule has 0 atom stereocenters. The first-order chi connectivity index (χ1) is 14.0. The smallest absolute Gasteiger partial charge is 0.252 e. The number of aryl methyl sites for hydroxylation is 1. The van der Waals surface area contributed by atoms with E-state index in [9.17, 15) is 9.18 Å². The van der Waals surface area contributed by atoms with E-state index in [1.807, 2.05) is 6.07 Å². The molecule has 0 saturated carbocycles. The van der Waals surface area contributed by atoms with Crippen LogP contribution < -0.4 is 10.5 Å². The molecule has 0 unspecified atom stereocenters. The van der Waals surface area contributed by atoms with Crippen molar-refractivity contribution in [3.8, 4) is 0 Å². The minimum absolute atomic E-state index is 0.0836. The second-order valence-corrected chi connectivity index (χ2v) is 7.74. The Balaban J connectivity index is 1.44. The zero-order chi connectivity index (χ0) is 20.1. The van der Waals surface area contributed by atoms with Gasteiger partial charge in [0.15, 0.2) is 11.5 Å². The summed E-state index contributed by atoms with van der Waals surface area (Å²) in [6.45, 7) is 1.46. The van der Waals surface area contributed by atoms with Gasteiger partial charge in [0, 0.05) is 38.2 Å². The van der Waals surface area contributed by atoms with E-state index in [0.29, 0.717) is 22.1 Å². The SMILES string of the molecule is Cn1c(=O)cc(N2CCC(c3nc4cc(F)ccc4o3)CC2)c2nc(Cl)ccc21. The lowest BCUT2D eigenvalue weighted by Crippen LogP contribution is -2.34. The van der Waals surface area contributed by atoms with Gasteiger partial charge in [-0.15, -0.1) is 0 Å². The molecular weight excluding hydrogens is 395 g/mol. The highest BCUT2D eigenvalue weighted by Gasteiger charge is 2.26. The standard InChI is InChI=1S/C21H18ClFN4O2/c1-26-15-3-5-18(22)25-20(15)16(11-19(26)28)27-8-6-12(7-9-27)21-24-14-10-13(23)2-4-17(14)29-21/h2-5,10-12H,6-9H2,1H3. The third kappa shape index (κ3) is 3.15. The van der Waals surface area contributed by atoms with Gasteiger partial charge in [0.2, 0.25) is 0 Å². The molecule has 5 rings (SSSR count). The molecule has 6 nitrogen and oxygen atoms in total. The van der Waals surface area contributed by atoms with Gasteiger partial charge in [-0.1, -0.05) is 11.6 Å². The fraction of sp³-hybridized carbons (Fsp3) is 0.286. The Morgan fingerprint density at radius 2 is 1.93 bits per heavy atom. The van der Waals surface area contributed by atoms with E-state index in [-0.39, 0.29) is 17.3 Å². The molecule has 1 aromatic carbocycles. The van der Waals surface area contributed by atoms with Crippen LogP contribution in [-0.4, -0.2) is 27.6 Å². The summed E-state index contributed by atoms with van der Waals surface area (Å²) in [6.07, 6.45) is 1.62. The molecule has 1 saturated heterocycles. The van der Waals surface area contributed by atoms with E-state index in [2.05, 4.69) is 14.9 Å². The first-order valence-electron chi connectivity index (χ1n) is 9.47. The number of halogens is 2. The van der Waals surface area contributed by atoms with Crippen molar-refractivity contribution >= 4 is 39.4 Å². The van der Waals surface area contributed by atoms with Crippen LogP contribution in [0.25, 0.3) is 22.1 Å². The van der Waals surface area contributed by atoms with Crippen LogP contribution in [0, 0.1) is 5.82 Å².